The molecule has 6 rings (SSSR count). The largest absolute Gasteiger partial charge is 0.384 e. The summed E-state index contributed by atoms with van der Waals surface area (Å²) >= 11 is 0. The minimum Gasteiger partial charge on any atom is -0.384 e. The average Bonchev–Trinajstić information content (AvgIpc) is 3.48. The molecule has 3 heterocycles. The predicted molar refractivity (Wildman–Crippen MR) is 134 cm³/mol. The van der Waals surface area contributed by atoms with Crippen LogP contribution in [0.4, 0.5) is 0 Å². The first-order chi connectivity index (χ1) is 16.1. The molecule has 0 saturated carbocycles. The minimum atomic E-state index is 0.0471. The van der Waals surface area contributed by atoms with Crippen molar-refractivity contribution in [2.75, 3.05) is 13.1 Å². The normalized spacial score (nSPS) is 13.8. The fourth-order valence-electron chi connectivity index (χ4n) is 4.28. The minimum absolute atomic E-state index is 0.0471. The Hall–Kier alpha value is -4.39. The van der Waals surface area contributed by atoms with Crippen molar-refractivity contribution in [2.45, 2.75) is 6.42 Å². The highest BCUT2D eigenvalue weighted by Crippen LogP contribution is 2.28. The van der Waals surface area contributed by atoms with E-state index in [1.54, 1.807) is 0 Å². The molecule has 0 amide bonds. The number of nitrogen functional groups attached to an aromatic ring is 1. The summed E-state index contributed by atoms with van der Waals surface area (Å²) in [7, 11) is 0. The quantitative estimate of drug-likeness (QED) is 0.213. The molecule has 6 N–H and O–H groups in total. The van der Waals surface area contributed by atoms with Gasteiger partial charge in [-0.05, 0) is 42.3 Å². The van der Waals surface area contributed by atoms with Crippen LogP contribution in [0, 0.1) is 5.41 Å². The van der Waals surface area contributed by atoms with Gasteiger partial charge in [-0.3, -0.25) is 10.4 Å². The van der Waals surface area contributed by atoms with Gasteiger partial charge in [0.15, 0.2) is 0 Å². The Morgan fingerprint density at radius 3 is 2.45 bits per heavy atom. The molecule has 7 nitrogen and oxygen atoms in total. The molecular formula is C26H23N7. The number of nitrogens with zero attached hydrogens (tertiary/aromatic N) is 2. The zero-order chi connectivity index (χ0) is 22.4. The second kappa shape index (κ2) is 7.63. The summed E-state index contributed by atoms with van der Waals surface area (Å²) in [5.41, 5.74) is 13.4. The summed E-state index contributed by atoms with van der Waals surface area (Å²) in [6.07, 6.45) is 1.09. The van der Waals surface area contributed by atoms with Crippen LogP contribution in [-0.2, 0) is 0 Å². The van der Waals surface area contributed by atoms with Gasteiger partial charge in [-0.25, -0.2) is 4.98 Å². The number of H-pyrrole nitrogens is 2. The van der Waals surface area contributed by atoms with Crippen molar-refractivity contribution in [3.63, 3.8) is 0 Å². The summed E-state index contributed by atoms with van der Waals surface area (Å²) < 4.78 is 0. The molecule has 0 bridgehead atoms. The Morgan fingerprint density at radius 1 is 0.848 bits per heavy atom. The van der Waals surface area contributed by atoms with Crippen LogP contribution in [0.1, 0.15) is 17.5 Å². The van der Waals surface area contributed by atoms with E-state index < -0.39 is 0 Å². The van der Waals surface area contributed by atoms with Crippen LogP contribution in [0.15, 0.2) is 71.7 Å². The van der Waals surface area contributed by atoms with Crippen LogP contribution in [0.25, 0.3) is 44.6 Å². The van der Waals surface area contributed by atoms with E-state index in [2.05, 4.69) is 73.8 Å². The lowest BCUT2D eigenvalue weighted by molar-refractivity contribution is 0.742. The fourth-order valence-corrected chi connectivity index (χ4v) is 4.28. The van der Waals surface area contributed by atoms with E-state index in [0.717, 1.165) is 70.1 Å². The number of imidazole rings is 1. The van der Waals surface area contributed by atoms with Gasteiger partial charge >= 0.3 is 0 Å². The zero-order valence-corrected chi connectivity index (χ0v) is 17.9. The van der Waals surface area contributed by atoms with Crippen LogP contribution in [-0.4, -0.2) is 39.7 Å². The van der Waals surface area contributed by atoms with Gasteiger partial charge in [0, 0.05) is 46.4 Å². The van der Waals surface area contributed by atoms with Gasteiger partial charge in [0.05, 0.1) is 11.0 Å². The number of amidine groups is 2. The van der Waals surface area contributed by atoms with E-state index in [9.17, 15) is 0 Å². The lowest BCUT2D eigenvalue weighted by Crippen LogP contribution is -2.30. The van der Waals surface area contributed by atoms with Crippen molar-refractivity contribution in [3.8, 4) is 22.6 Å². The summed E-state index contributed by atoms with van der Waals surface area (Å²) in [4.78, 5) is 16.2. The van der Waals surface area contributed by atoms with Gasteiger partial charge in [-0.1, -0.05) is 36.4 Å². The number of hydrogen-bond acceptors (Lipinski definition) is 4. The van der Waals surface area contributed by atoms with Crippen molar-refractivity contribution in [3.05, 3.63) is 77.9 Å². The van der Waals surface area contributed by atoms with Crippen LogP contribution in [0.2, 0.25) is 0 Å². The van der Waals surface area contributed by atoms with Crippen LogP contribution in [0.5, 0.6) is 0 Å². The molecule has 0 saturated heterocycles. The van der Waals surface area contributed by atoms with Gasteiger partial charge < -0.3 is 21.0 Å². The third-order valence-corrected chi connectivity index (χ3v) is 6.06. The molecule has 33 heavy (non-hydrogen) atoms. The first-order valence-electron chi connectivity index (χ1n) is 11.0. The number of aromatic amines is 2. The van der Waals surface area contributed by atoms with Gasteiger partial charge in [0.1, 0.15) is 17.5 Å². The first kappa shape index (κ1) is 19.3. The van der Waals surface area contributed by atoms with Gasteiger partial charge in [0.25, 0.3) is 0 Å². The number of rotatable bonds is 4. The van der Waals surface area contributed by atoms with Crippen LogP contribution < -0.4 is 11.1 Å². The Bertz CT molecular complexity index is 1540. The molecular weight excluding hydrogens is 410 g/mol. The van der Waals surface area contributed by atoms with Crippen molar-refractivity contribution >= 4 is 33.6 Å². The second-order valence-corrected chi connectivity index (χ2v) is 8.30. The summed E-state index contributed by atoms with van der Waals surface area (Å²) in [6, 6.07) is 22.5. The fraction of sp³-hybridized carbons (Fsp3) is 0.115. The molecule has 0 aliphatic carbocycles. The Kier molecular flexibility index (Phi) is 4.47. The van der Waals surface area contributed by atoms with E-state index in [1.807, 2.05) is 18.2 Å². The maximum atomic E-state index is 7.62. The van der Waals surface area contributed by atoms with Gasteiger partial charge in [-0.15, -0.1) is 0 Å². The topological polar surface area (TPSA) is 119 Å². The predicted octanol–water partition coefficient (Wildman–Crippen LogP) is 4.40. The lowest BCUT2D eigenvalue weighted by Gasteiger charge is -2.14. The van der Waals surface area contributed by atoms with E-state index in [1.165, 1.54) is 5.39 Å². The number of hydrogen-bond donors (Lipinski definition) is 5. The highest BCUT2D eigenvalue weighted by molar-refractivity contribution is 6.02. The molecule has 0 spiro atoms. The summed E-state index contributed by atoms with van der Waals surface area (Å²) in [5.74, 6) is 1.81. The van der Waals surface area contributed by atoms with Crippen LogP contribution in [0.3, 0.4) is 0 Å². The highest BCUT2D eigenvalue weighted by atomic mass is 15.0. The Morgan fingerprint density at radius 2 is 1.67 bits per heavy atom. The monoisotopic (exact) mass is 433 g/mol. The Labute approximate surface area is 190 Å². The average molecular weight is 434 g/mol. The van der Waals surface area contributed by atoms with Gasteiger partial charge in [-0.2, -0.15) is 0 Å². The zero-order valence-electron chi connectivity index (χ0n) is 17.9. The standard InChI is InChI=1S/C26H23N7/c27-24(28)18-8-9-20-23(13-18)33-26(32-20)16-4-2-15(3-5-16)21-12-17-6-7-19(14-22(17)31-21)25-29-10-1-11-30-25/h2-9,12-14,31H,1,10-11H2,(H3,27,28)(H,29,30)(H,32,33). The third-order valence-electron chi connectivity index (χ3n) is 6.06. The number of nitrogens with two attached hydrogens (primary N) is 1. The molecule has 0 radical (unpaired) electrons. The molecule has 3 aromatic carbocycles. The lowest BCUT2D eigenvalue weighted by atomic mass is 10.1. The van der Waals surface area contributed by atoms with Crippen molar-refractivity contribution in [1.29, 1.82) is 5.41 Å². The SMILES string of the molecule is N=C(N)c1ccc2nc(-c3ccc(-c4cc5ccc(C6=NCCCN6)cc5[nH]4)cc3)[nH]c2c1. The van der Waals surface area contributed by atoms with E-state index in [0.29, 0.717) is 5.56 Å². The Balaban J connectivity index is 1.30. The second-order valence-electron chi connectivity index (χ2n) is 8.30. The van der Waals surface area contributed by atoms with Crippen molar-refractivity contribution < 1.29 is 0 Å². The maximum Gasteiger partial charge on any atom is 0.138 e. The van der Waals surface area contributed by atoms with E-state index in [-0.39, 0.29) is 5.84 Å². The molecule has 0 unspecified atom stereocenters. The molecule has 1 aliphatic rings. The number of nitrogens with one attached hydrogen (secondary N) is 4. The van der Waals surface area contributed by atoms with Gasteiger partial charge in [0.2, 0.25) is 0 Å². The summed E-state index contributed by atoms with van der Waals surface area (Å²) in [5, 5.41) is 12.2. The van der Waals surface area contributed by atoms with Crippen molar-refractivity contribution in [1.82, 2.24) is 20.3 Å². The molecule has 7 heteroatoms. The number of aromatic nitrogens is 3. The molecule has 0 atom stereocenters. The molecule has 1 aliphatic heterocycles. The van der Waals surface area contributed by atoms with E-state index in [4.69, 9.17) is 11.1 Å². The summed E-state index contributed by atoms with van der Waals surface area (Å²) in [6.45, 7) is 1.86. The maximum absolute atomic E-state index is 7.62. The van der Waals surface area contributed by atoms with Crippen molar-refractivity contribution in [2.24, 2.45) is 10.7 Å². The first-order valence-corrected chi connectivity index (χ1v) is 11.0. The third kappa shape index (κ3) is 3.53. The highest BCUT2D eigenvalue weighted by Gasteiger charge is 2.11. The molecule has 0 fully saturated rings. The number of fused-ring (bicyclic) bond motifs is 2. The molecule has 2 aromatic heterocycles. The molecule has 162 valence electrons. The number of benzene rings is 3. The van der Waals surface area contributed by atoms with Crippen LogP contribution >= 0.6 is 0 Å². The van der Waals surface area contributed by atoms with E-state index >= 15 is 0 Å². The smallest absolute Gasteiger partial charge is 0.138 e. The number of aliphatic imine (C=N–C) groups is 1. The molecule has 5 aromatic rings.